The maximum atomic E-state index is 10.8. The Morgan fingerprint density at radius 2 is 2.25 bits per heavy atom. The Labute approximate surface area is 116 Å². The average Bonchev–Trinajstić information content (AvgIpc) is 2.91. The number of carbonyl (C=O) groups is 1. The van der Waals surface area contributed by atoms with Crippen molar-refractivity contribution in [1.82, 2.24) is 15.1 Å². The van der Waals surface area contributed by atoms with Crippen LogP contribution in [0.2, 0.25) is 0 Å². The lowest BCUT2D eigenvalue weighted by atomic mass is 10.2. The van der Waals surface area contributed by atoms with Crippen LogP contribution in [0.25, 0.3) is 10.9 Å². The van der Waals surface area contributed by atoms with Crippen molar-refractivity contribution in [3.63, 3.8) is 0 Å². The number of fused-ring (bicyclic) bond motifs is 1. The van der Waals surface area contributed by atoms with Crippen LogP contribution >= 0.6 is 0 Å². The van der Waals surface area contributed by atoms with Crippen molar-refractivity contribution in [2.45, 2.75) is 0 Å². The zero-order valence-electron chi connectivity index (χ0n) is 11.2. The quantitative estimate of drug-likeness (QED) is 0.827. The molecule has 0 spiro atoms. The zero-order valence-corrected chi connectivity index (χ0v) is 11.2. The van der Waals surface area contributed by atoms with Crippen molar-refractivity contribution in [2.75, 3.05) is 39.5 Å². The van der Waals surface area contributed by atoms with Gasteiger partial charge in [0.2, 0.25) is 5.88 Å². The van der Waals surface area contributed by atoms with Gasteiger partial charge in [0.25, 0.3) is 0 Å². The van der Waals surface area contributed by atoms with Crippen molar-refractivity contribution in [2.24, 2.45) is 0 Å². The second-order valence-electron chi connectivity index (χ2n) is 4.75. The Bertz CT molecular complexity index is 590. The van der Waals surface area contributed by atoms with Crippen LogP contribution < -0.4 is 4.74 Å². The summed E-state index contributed by atoms with van der Waals surface area (Å²) in [6.07, 6.45) is 0.823. The largest absolute Gasteiger partial charge is 0.475 e. The van der Waals surface area contributed by atoms with Gasteiger partial charge in [-0.3, -0.25) is 14.8 Å². The first-order valence-electron chi connectivity index (χ1n) is 6.73. The third-order valence-corrected chi connectivity index (χ3v) is 3.44. The molecule has 1 saturated heterocycles. The van der Waals surface area contributed by atoms with Gasteiger partial charge in [0, 0.05) is 25.2 Å². The number of hydrogen-bond donors (Lipinski definition) is 1. The molecule has 0 radical (unpaired) electrons. The third kappa shape index (κ3) is 2.81. The molecule has 1 aliphatic heterocycles. The second kappa shape index (κ2) is 6.02. The van der Waals surface area contributed by atoms with Crippen LogP contribution in [0.5, 0.6) is 5.88 Å². The number of aromatic nitrogens is 2. The molecule has 6 nitrogen and oxygen atoms in total. The van der Waals surface area contributed by atoms with E-state index in [1.165, 1.54) is 0 Å². The van der Waals surface area contributed by atoms with E-state index >= 15 is 0 Å². The van der Waals surface area contributed by atoms with Crippen LogP contribution in [0.15, 0.2) is 18.2 Å². The lowest BCUT2D eigenvalue weighted by Crippen LogP contribution is -2.38. The fraction of sp³-hybridized carbons (Fsp3) is 0.429. The van der Waals surface area contributed by atoms with Gasteiger partial charge in [0.05, 0.1) is 24.1 Å². The third-order valence-electron chi connectivity index (χ3n) is 3.44. The van der Waals surface area contributed by atoms with Crippen molar-refractivity contribution in [1.29, 1.82) is 0 Å². The molecule has 2 aromatic rings. The maximum absolute atomic E-state index is 10.8. The Morgan fingerprint density at radius 3 is 3.05 bits per heavy atom. The van der Waals surface area contributed by atoms with E-state index in [9.17, 15) is 4.79 Å². The fourth-order valence-electron chi connectivity index (χ4n) is 2.29. The number of benzene rings is 1. The van der Waals surface area contributed by atoms with Gasteiger partial charge in [-0.05, 0) is 18.2 Å². The Morgan fingerprint density at radius 1 is 1.40 bits per heavy atom. The first kappa shape index (κ1) is 13.1. The number of morpholine rings is 1. The number of nitrogens with one attached hydrogen (secondary N) is 1. The second-order valence-corrected chi connectivity index (χ2v) is 4.75. The lowest BCUT2D eigenvalue weighted by molar-refractivity contribution is 0.0321. The molecule has 3 rings (SSSR count). The van der Waals surface area contributed by atoms with Gasteiger partial charge >= 0.3 is 0 Å². The van der Waals surface area contributed by atoms with Crippen LogP contribution in [-0.4, -0.2) is 60.8 Å². The normalized spacial score (nSPS) is 16.4. The van der Waals surface area contributed by atoms with Gasteiger partial charge in [0.15, 0.2) is 0 Å². The highest BCUT2D eigenvalue weighted by Crippen LogP contribution is 2.23. The van der Waals surface area contributed by atoms with E-state index in [2.05, 4.69) is 15.1 Å². The average molecular weight is 275 g/mol. The summed E-state index contributed by atoms with van der Waals surface area (Å²) in [6.45, 7) is 4.89. The van der Waals surface area contributed by atoms with E-state index in [1.54, 1.807) is 12.1 Å². The molecule has 1 N–H and O–H groups in total. The lowest BCUT2D eigenvalue weighted by Gasteiger charge is -2.26. The van der Waals surface area contributed by atoms with Crippen LogP contribution in [0.1, 0.15) is 10.4 Å². The SMILES string of the molecule is O=Cc1ccc2[nH]nc(OCCN3CCOCC3)c2c1. The summed E-state index contributed by atoms with van der Waals surface area (Å²) in [7, 11) is 0. The number of H-pyrrole nitrogens is 1. The molecule has 6 heteroatoms. The molecule has 1 aromatic carbocycles. The highest BCUT2D eigenvalue weighted by atomic mass is 16.5. The molecule has 2 heterocycles. The van der Waals surface area contributed by atoms with Crippen molar-refractivity contribution >= 4 is 17.2 Å². The minimum absolute atomic E-state index is 0.553. The molecule has 1 fully saturated rings. The molecule has 0 bridgehead atoms. The number of ether oxygens (including phenoxy) is 2. The molecule has 0 saturated carbocycles. The van der Waals surface area contributed by atoms with Gasteiger partial charge in [-0.15, -0.1) is 5.10 Å². The summed E-state index contributed by atoms with van der Waals surface area (Å²) in [5.41, 5.74) is 1.49. The smallest absolute Gasteiger partial charge is 0.240 e. The van der Waals surface area contributed by atoms with Crippen LogP contribution in [0.3, 0.4) is 0 Å². The Kier molecular flexibility index (Phi) is 3.94. The van der Waals surface area contributed by atoms with Crippen molar-refractivity contribution in [3.8, 4) is 5.88 Å². The molecule has 0 amide bonds. The number of hydrogen-bond acceptors (Lipinski definition) is 5. The van der Waals surface area contributed by atoms with E-state index in [1.807, 2.05) is 6.07 Å². The zero-order chi connectivity index (χ0) is 13.8. The summed E-state index contributed by atoms with van der Waals surface area (Å²) in [6, 6.07) is 5.38. The summed E-state index contributed by atoms with van der Waals surface area (Å²) in [5, 5.41) is 7.89. The van der Waals surface area contributed by atoms with Gasteiger partial charge < -0.3 is 9.47 Å². The minimum Gasteiger partial charge on any atom is -0.475 e. The standard InChI is InChI=1S/C14H17N3O3/c18-10-11-1-2-13-12(9-11)14(16-15-13)20-8-5-17-3-6-19-7-4-17/h1-2,9-10H,3-8H2,(H,15,16). The highest BCUT2D eigenvalue weighted by Gasteiger charge is 2.11. The Hall–Kier alpha value is -1.92. The molecule has 0 unspecified atom stereocenters. The molecule has 20 heavy (non-hydrogen) atoms. The van der Waals surface area contributed by atoms with E-state index < -0.39 is 0 Å². The maximum Gasteiger partial charge on any atom is 0.240 e. The van der Waals surface area contributed by atoms with E-state index in [0.29, 0.717) is 18.1 Å². The number of carbonyl (C=O) groups excluding carboxylic acids is 1. The van der Waals surface area contributed by atoms with Crippen LogP contribution in [0, 0.1) is 0 Å². The number of aromatic amines is 1. The summed E-state index contributed by atoms with van der Waals surface area (Å²) in [5.74, 6) is 0.553. The molecule has 0 aliphatic carbocycles. The molecule has 106 valence electrons. The highest BCUT2D eigenvalue weighted by molar-refractivity contribution is 5.89. The summed E-state index contributed by atoms with van der Waals surface area (Å²) < 4.78 is 11.0. The molecular weight excluding hydrogens is 258 g/mol. The van der Waals surface area contributed by atoms with Gasteiger partial charge in [-0.25, -0.2) is 0 Å². The van der Waals surface area contributed by atoms with Gasteiger partial charge in [-0.1, -0.05) is 0 Å². The van der Waals surface area contributed by atoms with E-state index in [-0.39, 0.29) is 0 Å². The molecule has 1 aromatic heterocycles. The van der Waals surface area contributed by atoms with E-state index in [4.69, 9.17) is 9.47 Å². The van der Waals surface area contributed by atoms with Gasteiger partial charge in [-0.2, -0.15) is 0 Å². The topological polar surface area (TPSA) is 67.5 Å². The van der Waals surface area contributed by atoms with Crippen molar-refractivity contribution in [3.05, 3.63) is 23.8 Å². The monoisotopic (exact) mass is 275 g/mol. The first-order chi connectivity index (χ1) is 9.86. The summed E-state index contributed by atoms with van der Waals surface area (Å²) >= 11 is 0. The molecule has 1 aliphatic rings. The predicted molar refractivity (Wildman–Crippen MR) is 74.2 cm³/mol. The fourth-order valence-corrected chi connectivity index (χ4v) is 2.29. The first-order valence-corrected chi connectivity index (χ1v) is 6.73. The van der Waals surface area contributed by atoms with Crippen LogP contribution in [0.4, 0.5) is 0 Å². The van der Waals surface area contributed by atoms with Crippen LogP contribution in [-0.2, 0) is 4.74 Å². The van der Waals surface area contributed by atoms with E-state index in [0.717, 1.165) is 50.0 Å². The van der Waals surface area contributed by atoms with Gasteiger partial charge in [0.1, 0.15) is 12.9 Å². The van der Waals surface area contributed by atoms with Crippen molar-refractivity contribution < 1.29 is 14.3 Å². The Balaban J connectivity index is 1.63. The summed E-state index contributed by atoms with van der Waals surface area (Å²) in [4.78, 5) is 13.1. The minimum atomic E-state index is 0.553. The number of nitrogens with zero attached hydrogens (tertiary/aromatic N) is 2. The molecule has 0 atom stereocenters. The number of aldehydes is 1. The predicted octanol–water partition coefficient (Wildman–Crippen LogP) is 1.09. The number of rotatable bonds is 5. The molecular formula is C14H17N3O3.